The van der Waals surface area contributed by atoms with Crippen molar-refractivity contribution in [3.63, 3.8) is 0 Å². The number of hydrogen-bond acceptors (Lipinski definition) is 3. The Hall–Kier alpha value is -2.41. The lowest BCUT2D eigenvalue weighted by Crippen LogP contribution is -2.29. The van der Waals surface area contributed by atoms with Gasteiger partial charge in [0.25, 0.3) is 5.91 Å². The van der Waals surface area contributed by atoms with Gasteiger partial charge in [0.15, 0.2) is 0 Å². The van der Waals surface area contributed by atoms with Gasteiger partial charge < -0.3 is 0 Å². The molecule has 32 heavy (non-hydrogen) atoms. The summed E-state index contributed by atoms with van der Waals surface area (Å²) >= 11 is 24.5. The zero-order valence-corrected chi connectivity index (χ0v) is 20.0. The van der Waals surface area contributed by atoms with Gasteiger partial charge in [0.1, 0.15) is 11.5 Å². The fraction of sp³-hybridized carbons (Fsp3) is 0. The second-order valence-electron chi connectivity index (χ2n) is 6.48. The summed E-state index contributed by atoms with van der Waals surface area (Å²) < 4.78 is 1.78. The Morgan fingerprint density at radius 2 is 1.53 bits per heavy atom. The summed E-state index contributed by atoms with van der Waals surface area (Å²) in [5, 5.41) is 1.98. The summed E-state index contributed by atoms with van der Waals surface area (Å²) in [5.74, 6) is 0.0645. The van der Waals surface area contributed by atoms with E-state index in [2.05, 4.69) is 15.8 Å². The van der Waals surface area contributed by atoms with E-state index in [1.54, 1.807) is 47.2 Å². The maximum Gasteiger partial charge on any atom is 0.289 e. The van der Waals surface area contributed by atoms with Crippen molar-refractivity contribution in [2.24, 2.45) is 0 Å². The molecule has 0 atom stereocenters. The first kappa shape index (κ1) is 24.2. The zero-order valence-electron chi connectivity index (χ0n) is 16.2. The SMILES string of the molecule is Cl.O=C(NNc1ccc(Cl)cc1Cl)c1cn(-c2ccc(Cl)cc2)c(-c2ccccc2Cl)n1. The van der Waals surface area contributed by atoms with E-state index < -0.39 is 5.91 Å². The molecule has 10 heteroatoms. The predicted octanol–water partition coefficient (Wildman–Crippen LogP) is 7.33. The highest BCUT2D eigenvalue weighted by Crippen LogP contribution is 2.30. The average molecular weight is 529 g/mol. The van der Waals surface area contributed by atoms with Crippen LogP contribution in [0.4, 0.5) is 5.69 Å². The van der Waals surface area contributed by atoms with Crippen LogP contribution >= 0.6 is 58.8 Å². The van der Waals surface area contributed by atoms with E-state index in [1.165, 1.54) is 0 Å². The van der Waals surface area contributed by atoms with Crippen LogP contribution in [0.3, 0.4) is 0 Å². The van der Waals surface area contributed by atoms with Crippen molar-refractivity contribution < 1.29 is 4.79 Å². The first-order valence-corrected chi connectivity index (χ1v) is 10.5. The first-order valence-electron chi connectivity index (χ1n) is 9.04. The second-order valence-corrected chi connectivity index (χ2v) is 8.17. The minimum absolute atomic E-state index is 0. The maximum atomic E-state index is 12.8. The highest BCUT2D eigenvalue weighted by molar-refractivity contribution is 6.36. The van der Waals surface area contributed by atoms with Gasteiger partial charge in [-0.2, -0.15) is 0 Å². The molecule has 0 aliphatic rings. The summed E-state index contributed by atoms with van der Waals surface area (Å²) in [7, 11) is 0. The molecule has 4 aromatic rings. The Kier molecular flexibility index (Phi) is 7.93. The number of aromatic nitrogens is 2. The number of amides is 1. The number of rotatable bonds is 5. The molecular weight excluding hydrogens is 514 g/mol. The number of anilines is 1. The van der Waals surface area contributed by atoms with Gasteiger partial charge in [0.2, 0.25) is 0 Å². The molecule has 5 nitrogen and oxygen atoms in total. The van der Waals surface area contributed by atoms with Gasteiger partial charge in [-0.3, -0.25) is 20.2 Å². The monoisotopic (exact) mass is 526 g/mol. The van der Waals surface area contributed by atoms with E-state index in [0.717, 1.165) is 5.69 Å². The molecule has 0 unspecified atom stereocenters. The molecular formula is C22H15Cl5N4O. The topological polar surface area (TPSA) is 59.0 Å². The average Bonchev–Trinajstić information content (AvgIpc) is 3.19. The van der Waals surface area contributed by atoms with Crippen LogP contribution in [0.25, 0.3) is 17.1 Å². The van der Waals surface area contributed by atoms with Crippen molar-refractivity contribution >= 4 is 70.4 Å². The fourth-order valence-corrected chi connectivity index (χ4v) is 3.70. The van der Waals surface area contributed by atoms with Crippen LogP contribution < -0.4 is 10.9 Å². The highest BCUT2D eigenvalue weighted by atomic mass is 35.5. The Labute approximate surface area is 210 Å². The summed E-state index contributed by atoms with van der Waals surface area (Å²) in [6, 6.07) is 19.4. The largest absolute Gasteiger partial charge is 0.299 e. The number of nitrogens with one attached hydrogen (secondary N) is 2. The molecule has 0 fully saturated rings. The Balaban J connectivity index is 0.00000289. The number of nitrogens with zero attached hydrogens (tertiary/aromatic N) is 2. The van der Waals surface area contributed by atoms with E-state index in [1.807, 2.05) is 30.3 Å². The van der Waals surface area contributed by atoms with Gasteiger partial charge in [-0.1, -0.05) is 58.5 Å². The first-order chi connectivity index (χ1) is 14.9. The second kappa shape index (κ2) is 10.5. The minimum atomic E-state index is -0.452. The van der Waals surface area contributed by atoms with Gasteiger partial charge in [-0.15, -0.1) is 12.4 Å². The number of halogens is 5. The normalized spacial score (nSPS) is 10.4. The van der Waals surface area contributed by atoms with Gasteiger partial charge in [-0.05, 0) is 54.6 Å². The lowest BCUT2D eigenvalue weighted by atomic mass is 10.2. The summed E-state index contributed by atoms with van der Waals surface area (Å²) in [6.45, 7) is 0. The Bertz CT molecular complexity index is 1260. The van der Waals surface area contributed by atoms with E-state index in [0.29, 0.717) is 37.2 Å². The van der Waals surface area contributed by atoms with Crippen molar-refractivity contribution in [3.05, 3.63) is 98.7 Å². The Morgan fingerprint density at radius 1 is 0.844 bits per heavy atom. The summed E-state index contributed by atoms with van der Waals surface area (Å²) in [4.78, 5) is 17.3. The third-order valence-corrected chi connectivity index (χ3v) is 5.53. The van der Waals surface area contributed by atoms with Crippen LogP contribution in [-0.2, 0) is 0 Å². The molecule has 4 rings (SSSR count). The van der Waals surface area contributed by atoms with Crippen molar-refractivity contribution in [3.8, 4) is 17.1 Å². The van der Waals surface area contributed by atoms with E-state index >= 15 is 0 Å². The van der Waals surface area contributed by atoms with Crippen LogP contribution in [0, 0.1) is 0 Å². The smallest absolute Gasteiger partial charge is 0.289 e. The molecule has 0 aliphatic heterocycles. The molecule has 0 radical (unpaired) electrons. The number of hydrogen-bond donors (Lipinski definition) is 2. The lowest BCUT2D eigenvalue weighted by molar-refractivity contribution is 0.0958. The molecule has 0 aliphatic carbocycles. The zero-order chi connectivity index (χ0) is 22.0. The van der Waals surface area contributed by atoms with Gasteiger partial charge in [0.05, 0.1) is 15.7 Å². The predicted molar refractivity (Wildman–Crippen MR) is 134 cm³/mol. The van der Waals surface area contributed by atoms with Crippen LogP contribution in [0.15, 0.2) is 72.9 Å². The summed E-state index contributed by atoms with van der Waals surface area (Å²) in [6.07, 6.45) is 1.63. The number of carbonyl (C=O) groups is 1. The molecule has 1 aromatic heterocycles. The highest BCUT2D eigenvalue weighted by Gasteiger charge is 2.18. The molecule has 2 N–H and O–H groups in total. The molecule has 164 valence electrons. The van der Waals surface area contributed by atoms with E-state index in [9.17, 15) is 4.79 Å². The van der Waals surface area contributed by atoms with E-state index in [4.69, 9.17) is 46.4 Å². The van der Waals surface area contributed by atoms with E-state index in [-0.39, 0.29) is 18.1 Å². The van der Waals surface area contributed by atoms with Crippen molar-refractivity contribution in [1.82, 2.24) is 15.0 Å². The molecule has 1 heterocycles. The quantitative estimate of drug-likeness (QED) is 0.267. The molecule has 0 spiro atoms. The van der Waals surface area contributed by atoms with Crippen LogP contribution in [0.2, 0.25) is 20.1 Å². The molecule has 0 saturated heterocycles. The van der Waals surface area contributed by atoms with Gasteiger partial charge in [0, 0.05) is 27.5 Å². The molecule has 1 amide bonds. The fourth-order valence-electron chi connectivity index (χ4n) is 2.90. The standard InChI is InChI=1S/C22H14Cl4N4O.ClH/c23-13-5-8-15(9-6-13)30-12-20(27-21(30)16-3-1-2-4-17(16)25)22(31)29-28-19-10-7-14(24)11-18(19)26;/h1-12,28H,(H,29,31);1H. The molecule has 0 bridgehead atoms. The number of hydrazine groups is 1. The molecule has 3 aromatic carbocycles. The third kappa shape index (κ3) is 5.31. The van der Waals surface area contributed by atoms with Crippen molar-refractivity contribution in [2.45, 2.75) is 0 Å². The lowest BCUT2D eigenvalue weighted by Gasteiger charge is -2.09. The van der Waals surface area contributed by atoms with Crippen molar-refractivity contribution in [1.29, 1.82) is 0 Å². The maximum absolute atomic E-state index is 12.8. The van der Waals surface area contributed by atoms with Gasteiger partial charge in [-0.25, -0.2) is 4.98 Å². The van der Waals surface area contributed by atoms with Crippen LogP contribution in [-0.4, -0.2) is 15.5 Å². The van der Waals surface area contributed by atoms with Gasteiger partial charge >= 0.3 is 0 Å². The number of carbonyl (C=O) groups excluding carboxylic acids is 1. The molecule has 0 saturated carbocycles. The van der Waals surface area contributed by atoms with Crippen LogP contribution in [0.5, 0.6) is 0 Å². The third-order valence-electron chi connectivity index (χ3n) is 4.40. The minimum Gasteiger partial charge on any atom is -0.299 e. The Morgan fingerprint density at radius 3 is 2.22 bits per heavy atom. The summed E-state index contributed by atoms with van der Waals surface area (Å²) in [5.41, 5.74) is 7.53. The number of benzene rings is 3. The number of imidazole rings is 1. The van der Waals surface area contributed by atoms with Crippen molar-refractivity contribution in [2.75, 3.05) is 5.43 Å². The van der Waals surface area contributed by atoms with Crippen LogP contribution in [0.1, 0.15) is 10.5 Å².